The number of ether oxygens (including phenoxy) is 1. The minimum atomic E-state index is -0.513. The van der Waals surface area contributed by atoms with Crippen molar-refractivity contribution in [3.63, 3.8) is 0 Å². The number of rotatable bonds is 4. The van der Waals surface area contributed by atoms with E-state index in [-0.39, 0.29) is 5.91 Å². The maximum Gasteiger partial charge on any atom is 0.337 e. The maximum atomic E-state index is 12.5. The lowest BCUT2D eigenvalue weighted by atomic mass is 10.0. The molecule has 0 bridgehead atoms. The van der Waals surface area contributed by atoms with Crippen LogP contribution in [0.25, 0.3) is 0 Å². The summed E-state index contributed by atoms with van der Waals surface area (Å²) in [6.45, 7) is 0. The average molecular weight is 372 g/mol. The smallest absolute Gasteiger partial charge is 0.337 e. The number of carbonyl (C=O) groups is 3. The van der Waals surface area contributed by atoms with Crippen LogP contribution in [0, 0.1) is 0 Å². The Hall–Kier alpha value is -2.67. The van der Waals surface area contributed by atoms with Crippen molar-refractivity contribution in [1.29, 1.82) is 0 Å². The third kappa shape index (κ3) is 3.62. The van der Waals surface area contributed by atoms with Gasteiger partial charge in [0.05, 0.1) is 18.2 Å². The Morgan fingerprint density at radius 2 is 1.69 bits per heavy atom. The molecule has 0 spiro atoms. The number of methoxy groups -OCH3 is 1. The number of benzene rings is 1. The second-order valence-electron chi connectivity index (χ2n) is 6.16. The lowest BCUT2D eigenvalue weighted by molar-refractivity contribution is 0.0600. The van der Waals surface area contributed by atoms with Gasteiger partial charge in [-0.1, -0.05) is 6.42 Å². The highest BCUT2D eigenvalue weighted by Crippen LogP contribution is 2.37. The highest BCUT2D eigenvalue weighted by Gasteiger charge is 2.24. The van der Waals surface area contributed by atoms with E-state index in [9.17, 15) is 14.4 Å². The van der Waals surface area contributed by atoms with Crippen molar-refractivity contribution in [1.82, 2.24) is 0 Å². The second kappa shape index (κ2) is 7.70. The van der Waals surface area contributed by atoms with Crippen LogP contribution in [0.3, 0.4) is 0 Å². The molecule has 1 aromatic carbocycles. The minimum Gasteiger partial charge on any atom is -0.465 e. The zero-order valence-electron chi connectivity index (χ0n) is 14.5. The molecule has 3 rings (SSSR count). The number of carbonyl (C=O) groups excluding carboxylic acids is 3. The number of nitrogens with one attached hydrogen (secondary N) is 1. The largest absolute Gasteiger partial charge is 0.465 e. The third-order valence-electron chi connectivity index (χ3n) is 4.46. The summed E-state index contributed by atoms with van der Waals surface area (Å²) in [6, 6.07) is 6.15. The first-order chi connectivity index (χ1) is 12.5. The molecule has 1 aliphatic carbocycles. The van der Waals surface area contributed by atoms with E-state index in [0.717, 1.165) is 42.5 Å². The number of hydrogen-bond acceptors (Lipinski definition) is 5. The van der Waals surface area contributed by atoms with Crippen LogP contribution in [0.4, 0.5) is 5.00 Å². The Morgan fingerprint density at radius 1 is 1.04 bits per heavy atom. The third-order valence-corrected chi connectivity index (χ3v) is 5.67. The first-order valence-electron chi connectivity index (χ1n) is 8.45. The number of amides is 2. The van der Waals surface area contributed by atoms with Gasteiger partial charge in [0.25, 0.3) is 11.8 Å². The second-order valence-corrected chi connectivity index (χ2v) is 7.26. The van der Waals surface area contributed by atoms with Crippen molar-refractivity contribution in [2.75, 3.05) is 12.4 Å². The van der Waals surface area contributed by atoms with Crippen molar-refractivity contribution < 1.29 is 19.1 Å². The fraction of sp³-hybridized carbons (Fsp3) is 0.316. The number of primary amides is 1. The number of fused-ring (bicyclic) bond motifs is 1. The highest BCUT2D eigenvalue weighted by atomic mass is 32.1. The predicted molar refractivity (Wildman–Crippen MR) is 99.8 cm³/mol. The van der Waals surface area contributed by atoms with Crippen molar-refractivity contribution in [2.24, 2.45) is 5.73 Å². The number of thiophene rings is 1. The molecule has 0 saturated heterocycles. The molecule has 0 radical (unpaired) electrons. The molecule has 1 heterocycles. The van der Waals surface area contributed by atoms with Crippen LogP contribution in [-0.4, -0.2) is 24.9 Å². The lowest BCUT2D eigenvalue weighted by Crippen LogP contribution is -2.18. The number of anilines is 1. The summed E-state index contributed by atoms with van der Waals surface area (Å²) in [5, 5.41) is 3.32. The number of aryl methyl sites for hydroxylation is 1. The van der Waals surface area contributed by atoms with Gasteiger partial charge < -0.3 is 15.8 Å². The van der Waals surface area contributed by atoms with Gasteiger partial charge in [-0.15, -0.1) is 11.3 Å². The van der Waals surface area contributed by atoms with Gasteiger partial charge in [0, 0.05) is 10.4 Å². The first kappa shape index (κ1) is 18.1. The molecule has 136 valence electrons. The zero-order chi connectivity index (χ0) is 18.7. The normalized spacial score (nSPS) is 13.4. The summed E-state index contributed by atoms with van der Waals surface area (Å²) in [5.41, 5.74) is 7.75. The maximum absolute atomic E-state index is 12.5. The van der Waals surface area contributed by atoms with Gasteiger partial charge in [-0.3, -0.25) is 9.59 Å². The van der Waals surface area contributed by atoms with E-state index in [0.29, 0.717) is 21.7 Å². The van der Waals surface area contributed by atoms with Crippen LogP contribution in [0.2, 0.25) is 0 Å². The topological polar surface area (TPSA) is 98.5 Å². The summed E-state index contributed by atoms with van der Waals surface area (Å²) in [7, 11) is 1.30. The zero-order valence-corrected chi connectivity index (χ0v) is 15.3. The van der Waals surface area contributed by atoms with E-state index < -0.39 is 11.9 Å². The molecule has 0 aliphatic heterocycles. The van der Waals surface area contributed by atoms with Crippen LogP contribution >= 0.6 is 11.3 Å². The van der Waals surface area contributed by atoms with Gasteiger partial charge in [0.15, 0.2) is 0 Å². The Kier molecular flexibility index (Phi) is 5.37. The Bertz CT molecular complexity index is 855. The molecule has 0 fully saturated rings. The van der Waals surface area contributed by atoms with Crippen LogP contribution < -0.4 is 11.1 Å². The average Bonchev–Trinajstić information content (AvgIpc) is 2.82. The molecule has 1 aromatic heterocycles. The summed E-state index contributed by atoms with van der Waals surface area (Å²) in [6.07, 6.45) is 4.95. The summed E-state index contributed by atoms with van der Waals surface area (Å²) < 4.78 is 4.64. The standard InChI is InChI=1S/C19H20N2O4S/c1-25-19(24)12-9-7-11(8-10-12)17(23)21-18-15(16(20)22)13-5-3-2-4-6-14(13)26-18/h7-10H,2-6H2,1H3,(H2,20,22)(H,21,23). The van der Waals surface area contributed by atoms with Crippen molar-refractivity contribution in [2.45, 2.75) is 32.1 Å². The molecule has 3 N–H and O–H groups in total. The van der Waals surface area contributed by atoms with E-state index in [2.05, 4.69) is 10.1 Å². The van der Waals surface area contributed by atoms with Crippen LogP contribution in [0.5, 0.6) is 0 Å². The van der Waals surface area contributed by atoms with Crippen LogP contribution in [-0.2, 0) is 17.6 Å². The van der Waals surface area contributed by atoms with Gasteiger partial charge in [-0.25, -0.2) is 4.79 Å². The Balaban J connectivity index is 1.85. The summed E-state index contributed by atoms with van der Waals surface area (Å²) in [5.74, 6) is -1.32. The quantitative estimate of drug-likeness (QED) is 0.636. The molecule has 26 heavy (non-hydrogen) atoms. The molecule has 2 aromatic rings. The summed E-state index contributed by atoms with van der Waals surface area (Å²) in [4.78, 5) is 37.1. The molecular weight excluding hydrogens is 352 g/mol. The highest BCUT2D eigenvalue weighted by molar-refractivity contribution is 7.17. The Labute approximate surface area is 155 Å². The van der Waals surface area contributed by atoms with E-state index in [1.54, 1.807) is 12.1 Å². The SMILES string of the molecule is COC(=O)c1ccc(C(=O)Nc2sc3c(c2C(N)=O)CCCCC3)cc1. The fourth-order valence-electron chi connectivity index (χ4n) is 3.14. The van der Waals surface area contributed by atoms with E-state index >= 15 is 0 Å². The first-order valence-corrected chi connectivity index (χ1v) is 9.27. The van der Waals surface area contributed by atoms with Crippen molar-refractivity contribution >= 4 is 34.1 Å². The molecule has 1 aliphatic rings. The van der Waals surface area contributed by atoms with Crippen LogP contribution in [0.1, 0.15) is 60.8 Å². The number of esters is 1. The monoisotopic (exact) mass is 372 g/mol. The van der Waals surface area contributed by atoms with E-state index in [1.807, 2.05) is 0 Å². The molecule has 0 saturated carbocycles. The fourth-order valence-corrected chi connectivity index (χ4v) is 4.43. The van der Waals surface area contributed by atoms with Gasteiger partial charge in [0.1, 0.15) is 5.00 Å². The van der Waals surface area contributed by atoms with E-state index in [4.69, 9.17) is 5.73 Å². The number of hydrogen-bond donors (Lipinski definition) is 2. The van der Waals surface area contributed by atoms with E-state index in [1.165, 1.54) is 30.6 Å². The van der Waals surface area contributed by atoms with Crippen molar-refractivity contribution in [3.8, 4) is 0 Å². The van der Waals surface area contributed by atoms with Gasteiger partial charge in [-0.05, 0) is 55.5 Å². The number of nitrogens with two attached hydrogens (primary N) is 1. The lowest BCUT2D eigenvalue weighted by Gasteiger charge is -2.07. The summed E-state index contributed by atoms with van der Waals surface area (Å²) >= 11 is 1.43. The molecule has 0 atom stereocenters. The van der Waals surface area contributed by atoms with Gasteiger partial charge in [0.2, 0.25) is 0 Å². The molecular formula is C19H20N2O4S. The molecule has 6 nitrogen and oxygen atoms in total. The minimum absolute atomic E-state index is 0.347. The Morgan fingerprint density at radius 3 is 2.35 bits per heavy atom. The van der Waals surface area contributed by atoms with Crippen LogP contribution in [0.15, 0.2) is 24.3 Å². The molecule has 0 unspecified atom stereocenters. The molecule has 7 heteroatoms. The van der Waals surface area contributed by atoms with Gasteiger partial charge >= 0.3 is 5.97 Å². The van der Waals surface area contributed by atoms with Crippen molar-refractivity contribution in [3.05, 3.63) is 51.4 Å². The van der Waals surface area contributed by atoms with Gasteiger partial charge in [-0.2, -0.15) is 0 Å². The molecule has 2 amide bonds. The predicted octanol–water partition coefficient (Wildman–Crippen LogP) is 3.15.